The molecule has 9 heteroatoms. The molecule has 1 amide bonds. The normalized spacial score (nSPS) is 13.5. The first kappa shape index (κ1) is 21.0. The first-order valence-corrected chi connectivity index (χ1v) is 10.9. The van der Waals surface area contributed by atoms with Gasteiger partial charge in [0.25, 0.3) is 11.5 Å². The van der Waals surface area contributed by atoms with Crippen LogP contribution in [-0.4, -0.2) is 30.0 Å². The zero-order valence-corrected chi connectivity index (χ0v) is 18.2. The van der Waals surface area contributed by atoms with Crippen molar-refractivity contribution in [1.29, 1.82) is 0 Å². The van der Waals surface area contributed by atoms with E-state index in [0.29, 0.717) is 18.7 Å². The van der Waals surface area contributed by atoms with Crippen molar-refractivity contribution >= 4 is 16.9 Å². The number of nitrogens with one attached hydrogen (secondary N) is 2. The van der Waals surface area contributed by atoms with Crippen LogP contribution in [0.15, 0.2) is 21.9 Å². The van der Waals surface area contributed by atoms with Crippen molar-refractivity contribution < 1.29 is 4.79 Å². The van der Waals surface area contributed by atoms with Crippen molar-refractivity contribution in [3.63, 3.8) is 0 Å². The van der Waals surface area contributed by atoms with Crippen LogP contribution in [0.5, 0.6) is 0 Å². The molecule has 31 heavy (non-hydrogen) atoms. The summed E-state index contributed by atoms with van der Waals surface area (Å²) < 4.78 is 3.57. The standard InChI is InChI=1S/C22H28N6O3/c1-4-8-28-19-18(21(30)26-22(28)31)15(10-16(25-19)13(2)3)20(29)23-11-14-12-27-9-6-5-7-17(27)24-14/h10,12-13H,4-9,11H2,1-3H3,(H,23,29)(H,26,30,31). The molecule has 4 rings (SSSR count). The smallest absolute Gasteiger partial charge is 0.329 e. The molecule has 0 fully saturated rings. The van der Waals surface area contributed by atoms with E-state index in [4.69, 9.17) is 0 Å². The van der Waals surface area contributed by atoms with Crippen LogP contribution in [0.25, 0.3) is 11.0 Å². The third-order valence-corrected chi connectivity index (χ3v) is 5.64. The number of fused-ring (bicyclic) bond motifs is 2. The Morgan fingerprint density at radius 2 is 2.06 bits per heavy atom. The average Bonchev–Trinajstić information content (AvgIpc) is 3.17. The van der Waals surface area contributed by atoms with Crippen LogP contribution >= 0.6 is 0 Å². The predicted octanol–water partition coefficient (Wildman–Crippen LogP) is 2.08. The lowest BCUT2D eigenvalue weighted by Crippen LogP contribution is -2.33. The summed E-state index contributed by atoms with van der Waals surface area (Å²) in [6.45, 7) is 7.48. The molecule has 0 aliphatic carbocycles. The predicted molar refractivity (Wildman–Crippen MR) is 117 cm³/mol. The van der Waals surface area contributed by atoms with Crippen LogP contribution in [0.1, 0.15) is 73.5 Å². The van der Waals surface area contributed by atoms with Gasteiger partial charge in [0, 0.05) is 31.4 Å². The maximum atomic E-state index is 13.1. The molecule has 0 radical (unpaired) electrons. The average molecular weight is 425 g/mol. The van der Waals surface area contributed by atoms with E-state index in [0.717, 1.165) is 37.3 Å². The molecule has 3 aromatic heterocycles. The molecule has 2 N–H and O–H groups in total. The molecule has 1 aliphatic heterocycles. The molecule has 1 aliphatic rings. The van der Waals surface area contributed by atoms with Gasteiger partial charge in [0.2, 0.25) is 0 Å². The lowest BCUT2D eigenvalue weighted by Gasteiger charge is -2.14. The number of aromatic amines is 1. The minimum absolute atomic E-state index is 0.0280. The second-order valence-electron chi connectivity index (χ2n) is 8.34. The molecule has 0 saturated carbocycles. The highest BCUT2D eigenvalue weighted by molar-refractivity contribution is 6.05. The van der Waals surface area contributed by atoms with Gasteiger partial charge in [-0.1, -0.05) is 20.8 Å². The molecule has 164 valence electrons. The van der Waals surface area contributed by atoms with E-state index in [2.05, 4.69) is 24.8 Å². The lowest BCUT2D eigenvalue weighted by atomic mass is 10.0. The van der Waals surface area contributed by atoms with Crippen LogP contribution in [-0.2, 0) is 26.1 Å². The summed E-state index contributed by atoms with van der Waals surface area (Å²) in [5, 5.41) is 3.03. The molecule has 3 aromatic rings. The topological polar surface area (TPSA) is 115 Å². The largest absolute Gasteiger partial charge is 0.346 e. The van der Waals surface area contributed by atoms with E-state index in [-0.39, 0.29) is 35.0 Å². The fraction of sp³-hybridized carbons (Fsp3) is 0.500. The molecule has 0 aromatic carbocycles. The first-order chi connectivity index (χ1) is 14.9. The van der Waals surface area contributed by atoms with Gasteiger partial charge in [-0.25, -0.2) is 14.8 Å². The van der Waals surface area contributed by atoms with Gasteiger partial charge in [-0.15, -0.1) is 0 Å². The fourth-order valence-corrected chi connectivity index (χ4v) is 4.02. The monoisotopic (exact) mass is 424 g/mol. The zero-order chi connectivity index (χ0) is 22.1. The van der Waals surface area contributed by atoms with Gasteiger partial charge in [0.1, 0.15) is 5.82 Å². The summed E-state index contributed by atoms with van der Waals surface area (Å²) >= 11 is 0. The van der Waals surface area contributed by atoms with Crippen LogP contribution < -0.4 is 16.6 Å². The number of carbonyl (C=O) groups excluding carboxylic acids is 1. The van der Waals surface area contributed by atoms with Crippen molar-refractivity contribution in [3.8, 4) is 0 Å². The number of aromatic nitrogens is 5. The minimum Gasteiger partial charge on any atom is -0.346 e. The molecular weight excluding hydrogens is 396 g/mol. The van der Waals surface area contributed by atoms with Crippen molar-refractivity contribution in [2.75, 3.05) is 0 Å². The Labute approximate surface area is 179 Å². The quantitative estimate of drug-likeness (QED) is 0.629. The molecule has 0 saturated heterocycles. The number of nitrogens with zero attached hydrogens (tertiary/aromatic N) is 4. The van der Waals surface area contributed by atoms with Crippen molar-refractivity contribution in [2.45, 2.75) is 72.0 Å². The van der Waals surface area contributed by atoms with Gasteiger partial charge in [0.15, 0.2) is 5.65 Å². The third-order valence-electron chi connectivity index (χ3n) is 5.64. The number of rotatable bonds is 6. The Morgan fingerprint density at radius 3 is 2.77 bits per heavy atom. The minimum atomic E-state index is -0.599. The molecule has 0 unspecified atom stereocenters. The maximum Gasteiger partial charge on any atom is 0.329 e. The number of carbonyl (C=O) groups is 1. The van der Waals surface area contributed by atoms with E-state index in [9.17, 15) is 14.4 Å². The maximum absolute atomic E-state index is 13.1. The Balaban J connectivity index is 1.73. The summed E-state index contributed by atoms with van der Waals surface area (Å²) in [6, 6.07) is 1.65. The molecule has 0 spiro atoms. The highest BCUT2D eigenvalue weighted by Crippen LogP contribution is 2.20. The van der Waals surface area contributed by atoms with Crippen molar-refractivity contribution in [2.24, 2.45) is 0 Å². The zero-order valence-electron chi connectivity index (χ0n) is 18.2. The number of H-pyrrole nitrogens is 1. The Bertz CT molecular complexity index is 1230. The SMILES string of the molecule is CCCn1c(=O)[nH]c(=O)c2c(C(=O)NCc3cn4c(n3)CCCC4)cc(C(C)C)nc21. The number of hydrogen-bond acceptors (Lipinski definition) is 5. The van der Waals surface area contributed by atoms with Crippen LogP contribution in [0, 0.1) is 0 Å². The number of pyridine rings is 1. The summed E-state index contributed by atoms with van der Waals surface area (Å²) in [5.41, 5.74) is 0.822. The van der Waals surface area contributed by atoms with Crippen LogP contribution in [0.2, 0.25) is 0 Å². The first-order valence-electron chi connectivity index (χ1n) is 10.9. The third kappa shape index (κ3) is 4.04. The molecule has 0 atom stereocenters. The second kappa shape index (κ2) is 8.49. The summed E-state index contributed by atoms with van der Waals surface area (Å²) in [7, 11) is 0. The van der Waals surface area contributed by atoms with Gasteiger partial charge in [-0.2, -0.15) is 0 Å². The Hall–Kier alpha value is -3.23. The Kier molecular flexibility index (Phi) is 5.75. The molecule has 4 heterocycles. The van der Waals surface area contributed by atoms with Crippen molar-refractivity contribution in [1.82, 2.24) is 29.4 Å². The van der Waals surface area contributed by atoms with E-state index < -0.39 is 11.2 Å². The molecular formula is C22H28N6O3. The van der Waals surface area contributed by atoms with Crippen LogP contribution in [0.4, 0.5) is 0 Å². The summed E-state index contributed by atoms with van der Waals surface area (Å²) in [5.74, 6) is 0.694. The van der Waals surface area contributed by atoms with E-state index >= 15 is 0 Å². The lowest BCUT2D eigenvalue weighted by molar-refractivity contribution is 0.0951. The van der Waals surface area contributed by atoms with Gasteiger partial charge in [-0.05, 0) is 31.2 Å². The molecule has 0 bridgehead atoms. The molecule has 9 nitrogen and oxygen atoms in total. The van der Waals surface area contributed by atoms with E-state index in [1.165, 1.54) is 4.57 Å². The second-order valence-corrected chi connectivity index (χ2v) is 8.34. The van der Waals surface area contributed by atoms with Crippen molar-refractivity contribution in [3.05, 3.63) is 55.9 Å². The van der Waals surface area contributed by atoms with Gasteiger partial charge >= 0.3 is 5.69 Å². The summed E-state index contributed by atoms with van der Waals surface area (Å²) in [4.78, 5) is 49.7. The fourth-order valence-electron chi connectivity index (χ4n) is 4.02. The number of amides is 1. The number of hydrogen-bond donors (Lipinski definition) is 2. The number of aryl methyl sites for hydroxylation is 3. The van der Waals surface area contributed by atoms with Crippen LogP contribution in [0.3, 0.4) is 0 Å². The van der Waals surface area contributed by atoms with E-state index in [1.807, 2.05) is 27.0 Å². The number of imidazole rings is 1. The van der Waals surface area contributed by atoms with E-state index in [1.54, 1.807) is 6.07 Å². The van der Waals surface area contributed by atoms with Gasteiger partial charge in [-0.3, -0.25) is 19.1 Å². The highest BCUT2D eigenvalue weighted by atomic mass is 16.2. The Morgan fingerprint density at radius 1 is 1.26 bits per heavy atom. The van der Waals surface area contributed by atoms with Gasteiger partial charge in [0.05, 0.1) is 23.2 Å². The van der Waals surface area contributed by atoms with Gasteiger partial charge < -0.3 is 9.88 Å². The highest BCUT2D eigenvalue weighted by Gasteiger charge is 2.21. The summed E-state index contributed by atoms with van der Waals surface area (Å²) in [6.07, 6.45) is 5.89.